The van der Waals surface area contributed by atoms with E-state index in [1.54, 1.807) is 44.2 Å². The van der Waals surface area contributed by atoms with Crippen LogP contribution < -0.4 is 25.8 Å². The van der Waals surface area contributed by atoms with Crippen LogP contribution in [0.3, 0.4) is 0 Å². The van der Waals surface area contributed by atoms with Crippen molar-refractivity contribution in [2.75, 3.05) is 5.32 Å². The highest BCUT2D eigenvalue weighted by Crippen LogP contribution is 2.35. The maximum Gasteiger partial charge on any atom is 0.283 e. The van der Waals surface area contributed by atoms with Crippen LogP contribution in [0.5, 0.6) is 0 Å². The van der Waals surface area contributed by atoms with Crippen LogP contribution in [-0.4, -0.2) is 25.4 Å². The van der Waals surface area contributed by atoms with Gasteiger partial charge in [-0.1, -0.05) is 41.7 Å². The van der Waals surface area contributed by atoms with Gasteiger partial charge in [0.25, 0.3) is 22.7 Å². The number of nitrogens with one attached hydrogen (secondary N) is 2. The van der Waals surface area contributed by atoms with Crippen LogP contribution in [0.4, 0.5) is 11.4 Å². The number of aryl methyl sites for hydroxylation is 1. The Hall–Kier alpha value is -4.92. The maximum atomic E-state index is 13.9. The number of H-pyrrole nitrogens is 1. The molecule has 1 amide bonds. The maximum absolute atomic E-state index is 13.9. The Bertz CT molecular complexity index is 2200. The third-order valence-corrected chi connectivity index (χ3v) is 9.50. The molecule has 0 unspecified atom stereocenters. The van der Waals surface area contributed by atoms with Crippen molar-refractivity contribution < 1.29 is 9.72 Å². The number of hydrogen-bond acceptors (Lipinski definition) is 10. The molecule has 0 bridgehead atoms. The number of amides is 1. The first-order chi connectivity index (χ1) is 21.2. The van der Waals surface area contributed by atoms with Gasteiger partial charge in [0.1, 0.15) is 6.04 Å². The molecule has 0 fully saturated rings. The molecule has 220 valence electrons. The SMILES string of the molecule is CC1=C(C(=O)Nc2ccccc2)[C@@H](c2cccs2)n2c(s/c(=C/c3ccc(Sc4nc(C)cc(=O)[nH]4)c([N+](=O)[O-])c3)c2=O)=N1. The number of carbonyl (C=O) groups excluding carboxylic acids is 1. The van der Waals surface area contributed by atoms with Gasteiger partial charge in [-0.2, -0.15) is 0 Å². The van der Waals surface area contributed by atoms with E-state index in [1.807, 2.05) is 35.7 Å². The predicted octanol–water partition coefficient (Wildman–Crippen LogP) is 4.39. The summed E-state index contributed by atoms with van der Waals surface area (Å²) in [7, 11) is 0. The summed E-state index contributed by atoms with van der Waals surface area (Å²) in [5.74, 6) is -0.363. The van der Waals surface area contributed by atoms with E-state index in [9.17, 15) is 24.5 Å². The number of allylic oxidation sites excluding steroid dienone is 1. The fourth-order valence-corrected chi connectivity index (χ4v) is 7.55. The van der Waals surface area contributed by atoms with E-state index in [0.29, 0.717) is 37.5 Å². The molecule has 0 spiro atoms. The molecular formula is C30H22N6O5S3. The minimum atomic E-state index is -0.700. The lowest BCUT2D eigenvalue weighted by molar-refractivity contribution is -0.387. The van der Waals surface area contributed by atoms with Crippen LogP contribution in [0.2, 0.25) is 0 Å². The van der Waals surface area contributed by atoms with E-state index in [2.05, 4.69) is 20.3 Å². The van der Waals surface area contributed by atoms with Gasteiger partial charge in [0.05, 0.1) is 25.6 Å². The molecule has 0 radical (unpaired) electrons. The van der Waals surface area contributed by atoms with Gasteiger partial charge in [-0.3, -0.25) is 29.1 Å². The second kappa shape index (κ2) is 12.0. The molecule has 1 atom stereocenters. The number of fused-ring (bicyclic) bond motifs is 1. The van der Waals surface area contributed by atoms with Gasteiger partial charge >= 0.3 is 0 Å². The van der Waals surface area contributed by atoms with E-state index >= 15 is 0 Å². The zero-order valence-electron chi connectivity index (χ0n) is 23.1. The summed E-state index contributed by atoms with van der Waals surface area (Å²) in [4.78, 5) is 63.7. The number of aromatic nitrogens is 3. The molecule has 0 aliphatic carbocycles. The van der Waals surface area contributed by atoms with E-state index in [4.69, 9.17) is 0 Å². The molecule has 11 nitrogen and oxygen atoms in total. The van der Waals surface area contributed by atoms with Gasteiger partial charge < -0.3 is 10.3 Å². The first-order valence-electron chi connectivity index (χ1n) is 13.1. The van der Waals surface area contributed by atoms with Crippen molar-refractivity contribution in [3.8, 4) is 0 Å². The highest BCUT2D eigenvalue weighted by molar-refractivity contribution is 7.99. The van der Waals surface area contributed by atoms with Crippen molar-refractivity contribution in [3.63, 3.8) is 0 Å². The Morgan fingerprint density at radius 3 is 2.61 bits per heavy atom. The lowest BCUT2D eigenvalue weighted by Gasteiger charge is -2.24. The number of para-hydroxylation sites is 1. The minimum absolute atomic E-state index is 0.201. The number of hydrogen-bond donors (Lipinski definition) is 2. The van der Waals surface area contributed by atoms with Gasteiger partial charge in [-0.15, -0.1) is 11.3 Å². The molecule has 3 aromatic heterocycles. The van der Waals surface area contributed by atoms with Crippen molar-refractivity contribution in [1.29, 1.82) is 0 Å². The van der Waals surface area contributed by atoms with Crippen molar-refractivity contribution in [2.24, 2.45) is 4.99 Å². The van der Waals surface area contributed by atoms with E-state index in [0.717, 1.165) is 28.0 Å². The summed E-state index contributed by atoms with van der Waals surface area (Å²) in [5.41, 5.74) is 1.46. The second-order valence-electron chi connectivity index (χ2n) is 9.70. The number of benzene rings is 2. The molecule has 2 N–H and O–H groups in total. The molecule has 2 aromatic carbocycles. The summed E-state index contributed by atoms with van der Waals surface area (Å²) in [6.45, 7) is 3.41. The van der Waals surface area contributed by atoms with Crippen LogP contribution in [-0.2, 0) is 4.79 Å². The smallest absolute Gasteiger partial charge is 0.283 e. The topological polar surface area (TPSA) is 152 Å². The van der Waals surface area contributed by atoms with E-state index in [1.165, 1.54) is 28.0 Å². The number of carbonyl (C=O) groups is 1. The minimum Gasteiger partial charge on any atom is -0.322 e. The number of nitrogens with zero attached hydrogens (tertiary/aromatic N) is 4. The normalized spacial score (nSPS) is 14.7. The Balaban J connectivity index is 1.41. The monoisotopic (exact) mass is 642 g/mol. The first kappa shape index (κ1) is 29.2. The molecular weight excluding hydrogens is 621 g/mol. The lowest BCUT2D eigenvalue weighted by Crippen LogP contribution is -2.40. The number of aromatic amines is 1. The molecule has 5 aromatic rings. The third kappa shape index (κ3) is 5.82. The number of nitro groups is 1. The average Bonchev–Trinajstić information content (AvgIpc) is 3.61. The number of nitro benzene ring substituents is 1. The van der Waals surface area contributed by atoms with Crippen LogP contribution in [0.1, 0.15) is 29.1 Å². The first-order valence-corrected chi connectivity index (χ1v) is 15.7. The summed E-state index contributed by atoms with van der Waals surface area (Å²) in [5, 5.41) is 17.0. The third-order valence-electron chi connectivity index (χ3n) is 6.64. The van der Waals surface area contributed by atoms with E-state index in [-0.39, 0.29) is 32.8 Å². The molecule has 0 saturated heterocycles. The van der Waals surface area contributed by atoms with Crippen molar-refractivity contribution in [1.82, 2.24) is 14.5 Å². The van der Waals surface area contributed by atoms with Crippen molar-refractivity contribution in [2.45, 2.75) is 29.9 Å². The Morgan fingerprint density at radius 2 is 1.91 bits per heavy atom. The van der Waals surface area contributed by atoms with Gasteiger partial charge in [-0.25, -0.2) is 9.98 Å². The standard InChI is InChI=1S/C30H22N6O5S3/c1-16-13-24(37)34-29(31-16)43-21-11-10-18(14-20(21)36(40)41)15-23-28(39)35-26(22-9-6-12-42-22)25(17(2)32-30(35)44-23)27(38)33-19-7-4-3-5-8-19/h3-15,26H,1-2H3,(H,33,38)(H,31,34,37)/b23-15+/t26-/m1/s1. The number of thiophene rings is 1. The van der Waals surface area contributed by atoms with Gasteiger partial charge in [0, 0.05) is 28.4 Å². The average molecular weight is 643 g/mol. The molecule has 1 aliphatic heterocycles. The predicted molar refractivity (Wildman–Crippen MR) is 170 cm³/mol. The van der Waals surface area contributed by atoms with Gasteiger partial charge in [0.2, 0.25) is 0 Å². The zero-order chi connectivity index (χ0) is 31.0. The Labute approximate surface area is 261 Å². The van der Waals surface area contributed by atoms with Crippen LogP contribution in [0.15, 0.2) is 108 Å². The van der Waals surface area contributed by atoms with Crippen LogP contribution >= 0.6 is 34.4 Å². The molecule has 0 saturated carbocycles. The molecule has 14 heteroatoms. The summed E-state index contributed by atoms with van der Waals surface area (Å²) >= 11 is 3.54. The zero-order valence-corrected chi connectivity index (χ0v) is 25.6. The van der Waals surface area contributed by atoms with Gasteiger partial charge in [-0.05, 0) is 66.9 Å². The highest BCUT2D eigenvalue weighted by Gasteiger charge is 2.33. The van der Waals surface area contributed by atoms with Crippen LogP contribution in [0, 0.1) is 17.0 Å². The Kier molecular flexibility index (Phi) is 7.95. The largest absolute Gasteiger partial charge is 0.322 e. The Morgan fingerprint density at radius 1 is 1.11 bits per heavy atom. The lowest BCUT2D eigenvalue weighted by atomic mass is 10.0. The summed E-state index contributed by atoms with van der Waals surface area (Å²) in [6.07, 6.45) is 1.58. The molecule has 4 heterocycles. The van der Waals surface area contributed by atoms with Crippen molar-refractivity contribution in [3.05, 3.63) is 140 Å². The molecule has 6 rings (SSSR count). The van der Waals surface area contributed by atoms with Crippen molar-refractivity contribution >= 4 is 57.8 Å². The highest BCUT2D eigenvalue weighted by atomic mass is 32.2. The summed E-state index contributed by atoms with van der Waals surface area (Å²) in [6, 6.07) is 18.0. The number of thiazole rings is 1. The number of anilines is 1. The van der Waals surface area contributed by atoms with Crippen LogP contribution in [0.25, 0.3) is 6.08 Å². The fraction of sp³-hybridized carbons (Fsp3) is 0.100. The molecule has 44 heavy (non-hydrogen) atoms. The second-order valence-corrected chi connectivity index (χ2v) is 12.7. The summed E-state index contributed by atoms with van der Waals surface area (Å²) < 4.78 is 1.82. The van der Waals surface area contributed by atoms with Gasteiger partial charge in [0.15, 0.2) is 9.96 Å². The fourth-order valence-electron chi connectivity index (χ4n) is 4.76. The van der Waals surface area contributed by atoms with E-state index < -0.39 is 11.0 Å². The quantitative estimate of drug-likeness (QED) is 0.152. The molecule has 1 aliphatic rings. The number of rotatable bonds is 7.